The first kappa shape index (κ1) is 19.1. The van der Waals surface area contributed by atoms with Crippen molar-refractivity contribution < 1.29 is 9.59 Å². The van der Waals surface area contributed by atoms with Crippen LogP contribution in [0.2, 0.25) is 5.02 Å². The van der Waals surface area contributed by atoms with Crippen molar-refractivity contribution in [2.24, 2.45) is 0 Å². The van der Waals surface area contributed by atoms with Crippen LogP contribution < -0.4 is 10.6 Å². The molecule has 2 N–H and O–H groups in total. The lowest BCUT2D eigenvalue weighted by molar-refractivity contribution is -0.115. The van der Waals surface area contributed by atoms with E-state index in [-0.39, 0.29) is 18.4 Å². The Morgan fingerprint density at radius 2 is 1.85 bits per heavy atom. The molecule has 0 aliphatic rings. The van der Waals surface area contributed by atoms with E-state index in [4.69, 9.17) is 11.6 Å². The molecular weight excluding hydrogens is 382 g/mol. The van der Waals surface area contributed by atoms with E-state index in [0.717, 1.165) is 16.0 Å². The van der Waals surface area contributed by atoms with Crippen LogP contribution in [0.25, 0.3) is 0 Å². The van der Waals surface area contributed by atoms with Gasteiger partial charge < -0.3 is 10.6 Å². The number of aromatic nitrogens is 1. The van der Waals surface area contributed by atoms with Crippen LogP contribution >= 0.6 is 22.9 Å². The number of thiazole rings is 1. The number of nitrogens with one attached hydrogen (secondary N) is 2. The van der Waals surface area contributed by atoms with Crippen molar-refractivity contribution in [1.82, 2.24) is 10.3 Å². The molecule has 0 saturated carbocycles. The van der Waals surface area contributed by atoms with Gasteiger partial charge in [0, 0.05) is 28.1 Å². The topological polar surface area (TPSA) is 71.1 Å². The summed E-state index contributed by atoms with van der Waals surface area (Å²) in [5.41, 5.74) is 2.42. The van der Waals surface area contributed by atoms with Gasteiger partial charge in [-0.2, -0.15) is 0 Å². The van der Waals surface area contributed by atoms with Crippen LogP contribution in [0.3, 0.4) is 0 Å². The summed E-state index contributed by atoms with van der Waals surface area (Å²) in [5.74, 6) is -0.600. The van der Waals surface area contributed by atoms with Crippen LogP contribution in [-0.4, -0.2) is 23.3 Å². The van der Waals surface area contributed by atoms with Gasteiger partial charge in [0.05, 0.1) is 6.54 Å². The zero-order chi connectivity index (χ0) is 19.2. The minimum Gasteiger partial charge on any atom is -0.343 e. The Morgan fingerprint density at radius 1 is 1.11 bits per heavy atom. The van der Waals surface area contributed by atoms with E-state index >= 15 is 0 Å². The summed E-state index contributed by atoms with van der Waals surface area (Å²) in [7, 11) is 0. The fourth-order valence-electron chi connectivity index (χ4n) is 2.52. The zero-order valence-corrected chi connectivity index (χ0v) is 16.2. The SMILES string of the molecule is Cc1ccccc1C(=O)NCC(=O)Nc1ncc(Cc2ccccc2Cl)s1. The Hall–Kier alpha value is -2.70. The lowest BCUT2D eigenvalue weighted by atomic mass is 10.1. The summed E-state index contributed by atoms with van der Waals surface area (Å²) in [6, 6.07) is 14.9. The number of carbonyl (C=O) groups is 2. The van der Waals surface area contributed by atoms with Crippen molar-refractivity contribution >= 4 is 39.9 Å². The molecule has 0 unspecified atom stereocenters. The molecule has 0 spiro atoms. The van der Waals surface area contributed by atoms with Gasteiger partial charge >= 0.3 is 0 Å². The lowest BCUT2D eigenvalue weighted by Crippen LogP contribution is -2.33. The Balaban J connectivity index is 1.53. The second-order valence-electron chi connectivity index (χ2n) is 5.95. The average molecular weight is 400 g/mol. The molecule has 0 fully saturated rings. The van der Waals surface area contributed by atoms with Crippen LogP contribution in [0.15, 0.2) is 54.7 Å². The van der Waals surface area contributed by atoms with Crippen molar-refractivity contribution in [3.63, 3.8) is 0 Å². The monoisotopic (exact) mass is 399 g/mol. The maximum atomic E-state index is 12.1. The van der Waals surface area contributed by atoms with Gasteiger partial charge in [0.15, 0.2) is 5.13 Å². The molecule has 1 heterocycles. The molecule has 0 atom stereocenters. The Kier molecular flexibility index (Phi) is 6.21. The summed E-state index contributed by atoms with van der Waals surface area (Å²) in [4.78, 5) is 29.4. The Morgan fingerprint density at radius 3 is 2.63 bits per heavy atom. The summed E-state index contributed by atoms with van der Waals surface area (Å²) in [6.45, 7) is 1.73. The van der Waals surface area contributed by atoms with E-state index < -0.39 is 0 Å². The number of carbonyl (C=O) groups excluding carboxylic acids is 2. The Bertz CT molecular complexity index is 971. The number of benzene rings is 2. The molecule has 3 rings (SSSR count). The highest BCUT2D eigenvalue weighted by molar-refractivity contribution is 7.15. The van der Waals surface area contributed by atoms with Crippen molar-refractivity contribution in [1.29, 1.82) is 0 Å². The number of hydrogen-bond donors (Lipinski definition) is 2. The number of aryl methyl sites for hydroxylation is 1. The van der Waals surface area contributed by atoms with E-state index in [0.29, 0.717) is 22.1 Å². The zero-order valence-electron chi connectivity index (χ0n) is 14.7. The molecule has 0 aliphatic carbocycles. The van der Waals surface area contributed by atoms with Gasteiger partial charge in [0.1, 0.15) is 0 Å². The van der Waals surface area contributed by atoms with Gasteiger partial charge in [-0.05, 0) is 30.2 Å². The molecule has 27 heavy (non-hydrogen) atoms. The lowest BCUT2D eigenvalue weighted by Gasteiger charge is -2.07. The molecule has 0 saturated heterocycles. The van der Waals surface area contributed by atoms with E-state index in [9.17, 15) is 9.59 Å². The largest absolute Gasteiger partial charge is 0.343 e. The summed E-state index contributed by atoms with van der Waals surface area (Å²) >= 11 is 7.56. The molecule has 138 valence electrons. The summed E-state index contributed by atoms with van der Waals surface area (Å²) in [6.07, 6.45) is 2.37. The summed E-state index contributed by atoms with van der Waals surface area (Å²) < 4.78 is 0. The number of hydrogen-bond acceptors (Lipinski definition) is 4. The second-order valence-corrected chi connectivity index (χ2v) is 7.47. The van der Waals surface area contributed by atoms with Gasteiger partial charge in [-0.3, -0.25) is 9.59 Å². The van der Waals surface area contributed by atoms with Crippen LogP contribution in [0.5, 0.6) is 0 Å². The van der Waals surface area contributed by atoms with Gasteiger partial charge in [-0.1, -0.05) is 48.0 Å². The minimum atomic E-state index is -0.324. The Labute approximate surface area is 166 Å². The highest BCUT2D eigenvalue weighted by atomic mass is 35.5. The first-order valence-electron chi connectivity index (χ1n) is 8.34. The molecule has 2 amide bonds. The van der Waals surface area contributed by atoms with Crippen LogP contribution in [-0.2, 0) is 11.2 Å². The van der Waals surface area contributed by atoms with Crippen LogP contribution in [0.1, 0.15) is 26.4 Å². The minimum absolute atomic E-state index is 0.118. The smallest absolute Gasteiger partial charge is 0.251 e. The molecule has 0 radical (unpaired) electrons. The normalized spacial score (nSPS) is 10.4. The molecule has 1 aromatic heterocycles. The molecule has 5 nitrogen and oxygen atoms in total. The van der Waals surface area contributed by atoms with Gasteiger partial charge in [0.25, 0.3) is 5.91 Å². The molecule has 2 aromatic carbocycles. The quantitative estimate of drug-likeness (QED) is 0.656. The van der Waals surface area contributed by atoms with Gasteiger partial charge in [-0.15, -0.1) is 11.3 Å². The van der Waals surface area contributed by atoms with Gasteiger partial charge in [0.2, 0.25) is 5.91 Å². The number of nitrogens with zero attached hydrogens (tertiary/aromatic N) is 1. The van der Waals surface area contributed by atoms with E-state index in [1.54, 1.807) is 18.3 Å². The second kappa shape index (κ2) is 8.79. The van der Waals surface area contributed by atoms with Gasteiger partial charge in [-0.25, -0.2) is 4.98 Å². The highest BCUT2D eigenvalue weighted by Crippen LogP contribution is 2.24. The van der Waals surface area contributed by atoms with Crippen LogP contribution in [0, 0.1) is 6.92 Å². The molecule has 3 aromatic rings. The number of anilines is 1. The highest BCUT2D eigenvalue weighted by Gasteiger charge is 2.12. The number of rotatable bonds is 6. The fourth-order valence-corrected chi connectivity index (χ4v) is 3.58. The first-order valence-corrected chi connectivity index (χ1v) is 9.54. The van der Waals surface area contributed by atoms with E-state index in [2.05, 4.69) is 15.6 Å². The first-order chi connectivity index (χ1) is 13.0. The predicted octanol–water partition coefficient (Wildman–Crippen LogP) is 4.06. The molecule has 7 heteroatoms. The van der Waals surface area contributed by atoms with E-state index in [1.165, 1.54) is 11.3 Å². The molecule has 0 aliphatic heterocycles. The predicted molar refractivity (Wildman–Crippen MR) is 109 cm³/mol. The van der Waals surface area contributed by atoms with Crippen molar-refractivity contribution in [3.8, 4) is 0 Å². The molecule has 0 bridgehead atoms. The number of amides is 2. The van der Waals surface area contributed by atoms with Crippen molar-refractivity contribution in [3.05, 3.63) is 81.3 Å². The maximum absolute atomic E-state index is 12.1. The maximum Gasteiger partial charge on any atom is 0.251 e. The fraction of sp³-hybridized carbons (Fsp3) is 0.150. The number of halogens is 1. The standard InChI is InChI=1S/C20H18ClN3O2S/c1-13-6-2-4-8-16(13)19(26)22-12-18(25)24-20-23-11-15(27-20)10-14-7-3-5-9-17(14)21/h2-9,11H,10,12H2,1H3,(H,22,26)(H,23,24,25). The third-order valence-corrected chi connectivity index (χ3v) is 5.20. The average Bonchev–Trinajstić information content (AvgIpc) is 3.09. The third kappa shape index (κ3) is 5.15. The molecular formula is C20H18ClN3O2S. The van der Waals surface area contributed by atoms with E-state index in [1.807, 2.05) is 43.3 Å². The van der Waals surface area contributed by atoms with Crippen molar-refractivity contribution in [2.45, 2.75) is 13.3 Å². The summed E-state index contributed by atoms with van der Waals surface area (Å²) in [5, 5.41) is 6.52. The van der Waals surface area contributed by atoms with Crippen molar-refractivity contribution in [2.75, 3.05) is 11.9 Å². The third-order valence-electron chi connectivity index (χ3n) is 3.92. The van der Waals surface area contributed by atoms with Crippen LogP contribution in [0.4, 0.5) is 5.13 Å².